The summed E-state index contributed by atoms with van der Waals surface area (Å²) >= 11 is 0. The highest BCUT2D eigenvalue weighted by Gasteiger charge is 2.37. The van der Waals surface area contributed by atoms with Gasteiger partial charge in [-0.3, -0.25) is 14.5 Å². The summed E-state index contributed by atoms with van der Waals surface area (Å²) in [6.07, 6.45) is -0.647. The van der Waals surface area contributed by atoms with Crippen LogP contribution in [0.25, 0.3) is 0 Å². The summed E-state index contributed by atoms with van der Waals surface area (Å²) in [4.78, 5) is 32.5. The zero-order valence-corrected chi connectivity index (χ0v) is 18.6. The number of nitrogens with zero attached hydrogens (tertiary/aromatic N) is 3. The van der Waals surface area contributed by atoms with Gasteiger partial charge in [0.1, 0.15) is 12.6 Å². The number of rotatable bonds is 4. The Morgan fingerprint density at radius 3 is 2.18 bits per heavy atom. The highest BCUT2D eigenvalue weighted by atomic mass is 16.6. The fourth-order valence-corrected chi connectivity index (χ4v) is 4.65. The Morgan fingerprint density at radius 2 is 1.45 bits per heavy atom. The molecule has 0 aromatic heterocycles. The number of benzene rings is 2. The van der Waals surface area contributed by atoms with Crippen molar-refractivity contribution in [3.8, 4) is 11.5 Å². The minimum atomic E-state index is -0.647. The first-order chi connectivity index (χ1) is 16.2. The predicted octanol–water partition coefficient (Wildman–Crippen LogP) is 1.57. The van der Waals surface area contributed by atoms with E-state index < -0.39 is 6.10 Å². The van der Waals surface area contributed by atoms with Crippen molar-refractivity contribution in [2.24, 2.45) is 0 Å². The Kier molecular flexibility index (Phi) is 6.46. The lowest BCUT2D eigenvalue weighted by atomic mass is 10.0. The largest absolute Gasteiger partial charge is 0.485 e. The molecule has 3 aliphatic heterocycles. The van der Waals surface area contributed by atoms with Crippen LogP contribution in [0.5, 0.6) is 11.5 Å². The summed E-state index contributed by atoms with van der Waals surface area (Å²) in [5.41, 5.74) is 0.981. The summed E-state index contributed by atoms with van der Waals surface area (Å²) in [6.45, 7) is 4.89. The van der Waals surface area contributed by atoms with E-state index in [9.17, 15) is 9.59 Å². The fraction of sp³-hybridized carbons (Fsp3) is 0.440. The van der Waals surface area contributed by atoms with E-state index in [4.69, 9.17) is 14.2 Å². The summed E-state index contributed by atoms with van der Waals surface area (Å²) < 4.78 is 17.1. The molecule has 0 aliphatic carbocycles. The third kappa shape index (κ3) is 4.67. The van der Waals surface area contributed by atoms with Crippen LogP contribution in [0.2, 0.25) is 0 Å². The van der Waals surface area contributed by atoms with Gasteiger partial charge in [0.2, 0.25) is 12.0 Å². The van der Waals surface area contributed by atoms with Crippen molar-refractivity contribution in [2.45, 2.75) is 12.1 Å². The number of para-hydroxylation sites is 2. The van der Waals surface area contributed by atoms with Crippen molar-refractivity contribution in [3.63, 3.8) is 0 Å². The SMILES string of the molecule is O=C([C@H]1COc2ccccc2O1)N1CCN([C@@H](C(=O)N2CCOCC2)c2ccccc2)CC1. The molecule has 2 atom stereocenters. The minimum Gasteiger partial charge on any atom is -0.485 e. The molecule has 174 valence electrons. The van der Waals surface area contributed by atoms with Crippen LogP contribution in [0.3, 0.4) is 0 Å². The molecule has 2 aromatic rings. The van der Waals surface area contributed by atoms with Gasteiger partial charge in [-0.2, -0.15) is 0 Å². The topological polar surface area (TPSA) is 71.6 Å². The summed E-state index contributed by atoms with van der Waals surface area (Å²) in [7, 11) is 0. The van der Waals surface area contributed by atoms with E-state index in [2.05, 4.69) is 4.90 Å². The third-order valence-electron chi connectivity index (χ3n) is 6.45. The van der Waals surface area contributed by atoms with Crippen LogP contribution >= 0.6 is 0 Å². The van der Waals surface area contributed by atoms with Gasteiger partial charge in [0, 0.05) is 39.3 Å². The van der Waals surface area contributed by atoms with Gasteiger partial charge in [-0.15, -0.1) is 0 Å². The maximum absolute atomic E-state index is 13.5. The van der Waals surface area contributed by atoms with Crippen LogP contribution in [-0.2, 0) is 14.3 Å². The number of morpholine rings is 1. The molecule has 0 radical (unpaired) electrons. The number of hydrogen-bond donors (Lipinski definition) is 0. The highest BCUT2D eigenvalue weighted by Crippen LogP contribution is 2.32. The molecule has 0 N–H and O–H groups in total. The Hall–Kier alpha value is -3.10. The molecule has 8 nitrogen and oxygen atoms in total. The number of amides is 2. The van der Waals surface area contributed by atoms with Crippen molar-refractivity contribution < 1.29 is 23.8 Å². The second-order valence-electron chi connectivity index (χ2n) is 8.48. The van der Waals surface area contributed by atoms with Crippen molar-refractivity contribution in [1.82, 2.24) is 14.7 Å². The number of piperazine rings is 1. The second kappa shape index (κ2) is 9.80. The number of carbonyl (C=O) groups excluding carboxylic acids is 2. The van der Waals surface area contributed by atoms with Gasteiger partial charge >= 0.3 is 0 Å². The van der Waals surface area contributed by atoms with Gasteiger partial charge < -0.3 is 24.0 Å². The normalized spacial score (nSPS) is 22.0. The predicted molar refractivity (Wildman–Crippen MR) is 121 cm³/mol. The van der Waals surface area contributed by atoms with Crippen molar-refractivity contribution in [3.05, 3.63) is 60.2 Å². The lowest BCUT2D eigenvalue weighted by molar-refractivity contribution is -0.146. The lowest BCUT2D eigenvalue weighted by Crippen LogP contribution is -2.56. The zero-order chi connectivity index (χ0) is 22.6. The molecular weight excluding hydrogens is 422 g/mol. The second-order valence-corrected chi connectivity index (χ2v) is 8.48. The fourth-order valence-electron chi connectivity index (χ4n) is 4.65. The van der Waals surface area contributed by atoms with Crippen LogP contribution in [0.1, 0.15) is 11.6 Å². The Balaban J connectivity index is 1.25. The minimum absolute atomic E-state index is 0.0695. The van der Waals surface area contributed by atoms with Crippen LogP contribution in [0.4, 0.5) is 0 Å². The quantitative estimate of drug-likeness (QED) is 0.703. The maximum Gasteiger partial charge on any atom is 0.267 e. The molecule has 3 aliphatic rings. The van der Waals surface area contributed by atoms with Gasteiger partial charge in [-0.1, -0.05) is 42.5 Å². The van der Waals surface area contributed by atoms with Crippen molar-refractivity contribution in [2.75, 3.05) is 59.1 Å². The van der Waals surface area contributed by atoms with Crippen LogP contribution in [-0.4, -0.2) is 91.7 Å². The summed E-state index contributed by atoms with van der Waals surface area (Å²) in [5, 5.41) is 0. The van der Waals surface area contributed by atoms with Crippen LogP contribution in [0.15, 0.2) is 54.6 Å². The number of ether oxygens (including phenoxy) is 3. The van der Waals surface area contributed by atoms with E-state index in [1.165, 1.54) is 0 Å². The van der Waals surface area contributed by atoms with Gasteiger partial charge in [0.15, 0.2) is 11.5 Å². The summed E-state index contributed by atoms with van der Waals surface area (Å²) in [6, 6.07) is 16.9. The molecule has 2 aromatic carbocycles. The molecule has 0 spiro atoms. The average molecular weight is 452 g/mol. The first kappa shape index (κ1) is 21.7. The smallest absolute Gasteiger partial charge is 0.267 e. The monoisotopic (exact) mass is 451 g/mol. The van der Waals surface area contributed by atoms with E-state index in [0.717, 1.165) is 5.56 Å². The van der Waals surface area contributed by atoms with Crippen LogP contribution < -0.4 is 9.47 Å². The van der Waals surface area contributed by atoms with Gasteiger partial charge in [0.25, 0.3) is 5.91 Å². The molecular formula is C25H29N3O5. The standard InChI is InChI=1S/C25H29N3O5/c29-24(22-18-32-20-8-4-5-9-21(20)33-22)27-12-10-26(11-13-27)23(19-6-2-1-3-7-19)25(30)28-14-16-31-17-15-28/h1-9,22-23H,10-18H2/t22-,23-/m1/s1. The first-order valence-electron chi connectivity index (χ1n) is 11.5. The average Bonchev–Trinajstić information content (AvgIpc) is 2.89. The van der Waals surface area contributed by atoms with E-state index >= 15 is 0 Å². The van der Waals surface area contributed by atoms with Gasteiger partial charge in [-0.25, -0.2) is 0 Å². The number of fused-ring (bicyclic) bond motifs is 1. The molecule has 2 saturated heterocycles. The van der Waals surface area contributed by atoms with E-state index in [1.807, 2.05) is 64.4 Å². The Morgan fingerprint density at radius 1 is 0.788 bits per heavy atom. The first-order valence-corrected chi connectivity index (χ1v) is 11.5. The van der Waals surface area contributed by atoms with Crippen molar-refractivity contribution in [1.29, 1.82) is 0 Å². The molecule has 5 rings (SSSR count). The third-order valence-corrected chi connectivity index (χ3v) is 6.45. The molecule has 2 fully saturated rings. The summed E-state index contributed by atoms with van der Waals surface area (Å²) in [5.74, 6) is 1.30. The molecule has 0 bridgehead atoms. The van der Waals surface area contributed by atoms with Crippen LogP contribution in [0, 0.1) is 0 Å². The molecule has 0 unspecified atom stereocenters. The van der Waals surface area contributed by atoms with Gasteiger partial charge in [0.05, 0.1) is 13.2 Å². The Bertz CT molecular complexity index is 971. The molecule has 0 saturated carbocycles. The van der Waals surface area contributed by atoms with E-state index in [0.29, 0.717) is 64.0 Å². The molecule has 3 heterocycles. The Labute approximate surface area is 193 Å². The zero-order valence-electron chi connectivity index (χ0n) is 18.6. The number of hydrogen-bond acceptors (Lipinski definition) is 6. The highest BCUT2D eigenvalue weighted by molar-refractivity contribution is 5.84. The molecule has 8 heteroatoms. The maximum atomic E-state index is 13.5. The molecule has 33 heavy (non-hydrogen) atoms. The van der Waals surface area contributed by atoms with Crippen molar-refractivity contribution >= 4 is 11.8 Å². The lowest BCUT2D eigenvalue weighted by Gasteiger charge is -2.41. The van der Waals surface area contributed by atoms with E-state index in [-0.39, 0.29) is 24.5 Å². The van der Waals surface area contributed by atoms with E-state index in [1.54, 1.807) is 0 Å². The van der Waals surface area contributed by atoms with Gasteiger partial charge in [-0.05, 0) is 17.7 Å². The number of carbonyl (C=O) groups is 2. The molecule has 2 amide bonds.